The van der Waals surface area contributed by atoms with E-state index in [1.807, 2.05) is 4.90 Å². The second-order valence-corrected chi connectivity index (χ2v) is 6.33. The lowest BCUT2D eigenvalue weighted by Gasteiger charge is -2.37. The van der Waals surface area contributed by atoms with Gasteiger partial charge in [-0.2, -0.15) is 0 Å². The Morgan fingerprint density at radius 2 is 1.52 bits per heavy atom. The fourth-order valence-electron chi connectivity index (χ4n) is 3.76. The molecule has 118 valence electrons. The summed E-state index contributed by atoms with van der Waals surface area (Å²) in [5.74, 6) is -0.975. The van der Waals surface area contributed by atoms with Crippen molar-refractivity contribution in [2.45, 2.75) is 56.8 Å². The summed E-state index contributed by atoms with van der Waals surface area (Å²) in [5.41, 5.74) is 0. The number of likely N-dealkylation sites (tertiary alicyclic amines) is 2. The molecule has 0 saturated carbocycles. The number of carbonyl (C=O) groups is 2. The van der Waals surface area contributed by atoms with Crippen molar-refractivity contribution in [1.82, 2.24) is 9.80 Å². The fraction of sp³-hybridized carbons (Fsp3) is 0.867. The predicted molar refractivity (Wildman–Crippen MR) is 75.9 cm³/mol. The molecule has 3 rings (SSSR count). The standard InChI is InChI=1S/C15H24N2O4/c18-14(12-3-4-13(21-12)15(19)20)17-9-5-11(6-10-17)16-7-1-2-8-16/h11-13H,1-10H2,(H,19,20). The smallest absolute Gasteiger partial charge is 0.332 e. The van der Waals surface area contributed by atoms with Gasteiger partial charge in [0.05, 0.1) is 0 Å². The van der Waals surface area contributed by atoms with Crippen LogP contribution in [0.3, 0.4) is 0 Å². The Balaban J connectivity index is 1.48. The molecule has 0 aromatic carbocycles. The van der Waals surface area contributed by atoms with Crippen LogP contribution in [0, 0.1) is 0 Å². The minimum atomic E-state index is -0.960. The highest BCUT2D eigenvalue weighted by Crippen LogP contribution is 2.25. The van der Waals surface area contributed by atoms with Crippen LogP contribution in [-0.4, -0.2) is 71.2 Å². The molecule has 1 amide bonds. The minimum absolute atomic E-state index is 0.0152. The zero-order chi connectivity index (χ0) is 14.8. The topological polar surface area (TPSA) is 70.1 Å². The fourth-order valence-corrected chi connectivity index (χ4v) is 3.76. The molecule has 1 N–H and O–H groups in total. The van der Waals surface area contributed by atoms with Crippen LogP contribution < -0.4 is 0 Å². The Morgan fingerprint density at radius 1 is 0.905 bits per heavy atom. The van der Waals surface area contributed by atoms with E-state index in [1.54, 1.807) is 0 Å². The molecule has 3 heterocycles. The highest BCUT2D eigenvalue weighted by Gasteiger charge is 2.38. The van der Waals surface area contributed by atoms with E-state index in [2.05, 4.69) is 4.90 Å². The highest BCUT2D eigenvalue weighted by molar-refractivity contribution is 5.82. The molecule has 0 bridgehead atoms. The molecular weight excluding hydrogens is 272 g/mol. The Hall–Kier alpha value is -1.14. The second-order valence-electron chi connectivity index (χ2n) is 6.33. The van der Waals surface area contributed by atoms with Crippen LogP contribution in [0.2, 0.25) is 0 Å². The van der Waals surface area contributed by atoms with Gasteiger partial charge >= 0.3 is 5.97 Å². The van der Waals surface area contributed by atoms with Crippen molar-refractivity contribution in [3.63, 3.8) is 0 Å². The van der Waals surface area contributed by atoms with Crippen LogP contribution in [-0.2, 0) is 14.3 Å². The molecule has 2 unspecified atom stereocenters. The van der Waals surface area contributed by atoms with E-state index in [4.69, 9.17) is 9.84 Å². The van der Waals surface area contributed by atoms with Gasteiger partial charge in [0.2, 0.25) is 0 Å². The number of piperidine rings is 1. The summed E-state index contributed by atoms with van der Waals surface area (Å²) in [6.45, 7) is 3.95. The van der Waals surface area contributed by atoms with Crippen LogP contribution in [0.4, 0.5) is 0 Å². The summed E-state index contributed by atoms with van der Waals surface area (Å²) in [4.78, 5) is 27.7. The van der Waals surface area contributed by atoms with Crippen molar-refractivity contribution in [2.24, 2.45) is 0 Å². The van der Waals surface area contributed by atoms with Gasteiger partial charge in [0.25, 0.3) is 5.91 Å². The monoisotopic (exact) mass is 296 g/mol. The number of amides is 1. The van der Waals surface area contributed by atoms with Gasteiger partial charge in [-0.3, -0.25) is 4.79 Å². The third kappa shape index (κ3) is 3.21. The van der Waals surface area contributed by atoms with Gasteiger partial charge < -0.3 is 19.6 Å². The van der Waals surface area contributed by atoms with E-state index in [0.717, 1.165) is 25.9 Å². The summed E-state index contributed by atoms with van der Waals surface area (Å²) in [7, 11) is 0. The molecule has 6 heteroatoms. The van der Waals surface area contributed by atoms with Crippen LogP contribution in [0.25, 0.3) is 0 Å². The van der Waals surface area contributed by atoms with Crippen LogP contribution >= 0.6 is 0 Å². The molecule has 0 spiro atoms. The lowest BCUT2D eigenvalue weighted by molar-refractivity contribution is -0.155. The van der Waals surface area contributed by atoms with Crippen molar-refractivity contribution in [3.8, 4) is 0 Å². The van der Waals surface area contributed by atoms with Gasteiger partial charge in [-0.05, 0) is 51.6 Å². The van der Waals surface area contributed by atoms with E-state index in [-0.39, 0.29) is 5.91 Å². The number of hydrogen-bond donors (Lipinski definition) is 1. The lowest BCUT2D eigenvalue weighted by atomic mass is 10.0. The first-order chi connectivity index (χ1) is 10.1. The first-order valence-corrected chi connectivity index (χ1v) is 8.06. The number of aliphatic carboxylic acids is 1. The van der Waals surface area contributed by atoms with Crippen LogP contribution in [0.1, 0.15) is 38.5 Å². The number of carboxylic acids is 1. The maximum Gasteiger partial charge on any atom is 0.332 e. The van der Waals surface area contributed by atoms with E-state index < -0.39 is 18.2 Å². The van der Waals surface area contributed by atoms with Crippen molar-refractivity contribution >= 4 is 11.9 Å². The first kappa shape index (κ1) is 14.8. The molecule has 0 aromatic heterocycles. The van der Waals surface area contributed by atoms with Crippen molar-refractivity contribution in [3.05, 3.63) is 0 Å². The van der Waals surface area contributed by atoms with Gasteiger partial charge in [0, 0.05) is 19.1 Å². The molecule has 21 heavy (non-hydrogen) atoms. The van der Waals surface area contributed by atoms with Gasteiger partial charge in [-0.15, -0.1) is 0 Å². The third-order valence-corrected chi connectivity index (χ3v) is 5.00. The summed E-state index contributed by atoms with van der Waals surface area (Å²) in [5, 5.41) is 8.92. The maximum absolute atomic E-state index is 12.4. The van der Waals surface area contributed by atoms with E-state index >= 15 is 0 Å². The van der Waals surface area contributed by atoms with E-state index in [1.165, 1.54) is 25.9 Å². The highest BCUT2D eigenvalue weighted by atomic mass is 16.5. The molecule has 3 fully saturated rings. The summed E-state index contributed by atoms with van der Waals surface area (Å²) < 4.78 is 5.36. The van der Waals surface area contributed by atoms with Crippen LogP contribution in [0.5, 0.6) is 0 Å². The van der Waals surface area contributed by atoms with E-state index in [0.29, 0.717) is 18.9 Å². The summed E-state index contributed by atoms with van der Waals surface area (Å²) in [6.07, 6.45) is 4.27. The molecule has 0 radical (unpaired) electrons. The molecular formula is C15H24N2O4. The Bertz CT molecular complexity index is 400. The van der Waals surface area contributed by atoms with E-state index in [9.17, 15) is 9.59 Å². The minimum Gasteiger partial charge on any atom is -0.479 e. The molecule has 3 aliphatic rings. The number of nitrogens with zero attached hydrogens (tertiary/aromatic N) is 2. The molecule has 3 aliphatic heterocycles. The number of carbonyl (C=O) groups excluding carboxylic acids is 1. The molecule has 0 aromatic rings. The lowest BCUT2D eigenvalue weighted by Crippen LogP contribution is -2.48. The Labute approximate surface area is 125 Å². The summed E-state index contributed by atoms with van der Waals surface area (Å²) >= 11 is 0. The number of hydrogen-bond acceptors (Lipinski definition) is 4. The van der Waals surface area contributed by atoms with Crippen LogP contribution in [0.15, 0.2) is 0 Å². The largest absolute Gasteiger partial charge is 0.479 e. The normalized spacial score (nSPS) is 31.7. The maximum atomic E-state index is 12.4. The van der Waals surface area contributed by atoms with Crippen molar-refractivity contribution in [1.29, 1.82) is 0 Å². The van der Waals surface area contributed by atoms with Gasteiger partial charge in [-0.25, -0.2) is 4.79 Å². The number of ether oxygens (including phenoxy) is 1. The summed E-state index contributed by atoms with van der Waals surface area (Å²) in [6, 6.07) is 0.618. The van der Waals surface area contributed by atoms with Gasteiger partial charge in [0.1, 0.15) is 6.10 Å². The quantitative estimate of drug-likeness (QED) is 0.830. The van der Waals surface area contributed by atoms with Gasteiger partial charge in [0.15, 0.2) is 6.10 Å². The number of carboxylic acid groups (broad SMARTS) is 1. The molecule has 2 atom stereocenters. The SMILES string of the molecule is O=C(O)C1CCC(C(=O)N2CCC(N3CCCC3)CC2)O1. The first-order valence-electron chi connectivity index (χ1n) is 8.06. The third-order valence-electron chi connectivity index (χ3n) is 5.00. The zero-order valence-corrected chi connectivity index (χ0v) is 12.4. The Kier molecular flexibility index (Phi) is 4.45. The average molecular weight is 296 g/mol. The average Bonchev–Trinajstić information content (AvgIpc) is 3.18. The zero-order valence-electron chi connectivity index (χ0n) is 12.4. The van der Waals surface area contributed by atoms with Crippen molar-refractivity contribution < 1.29 is 19.4 Å². The second kappa shape index (κ2) is 6.32. The van der Waals surface area contributed by atoms with Gasteiger partial charge in [-0.1, -0.05) is 0 Å². The molecule has 3 saturated heterocycles. The molecule has 6 nitrogen and oxygen atoms in total. The predicted octanol–water partition coefficient (Wildman–Crippen LogP) is 0.705. The Morgan fingerprint density at radius 3 is 2.10 bits per heavy atom. The van der Waals surface area contributed by atoms with Crippen molar-refractivity contribution in [2.75, 3.05) is 26.2 Å². The molecule has 0 aliphatic carbocycles. The number of rotatable bonds is 3.